The molecule has 0 spiro atoms. The van der Waals surface area contributed by atoms with Crippen LogP contribution in [0.5, 0.6) is 0 Å². The number of nitrogen functional groups attached to an aromatic ring is 1. The molecule has 2 aromatic rings. The molecule has 1 saturated heterocycles. The Morgan fingerprint density at radius 3 is 2.45 bits per heavy atom. The Bertz CT molecular complexity index is 969. The second-order valence-electron chi connectivity index (χ2n) is 9.86. The number of hydrogen-bond acceptors (Lipinski definition) is 9. The molecule has 2 aromatic heterocycles. The lowest BCUT2D eigenvalue weighted by Crippen LogP contribution is -2.37. The van der Waals surface area contributed by atoms with Crippen molar-refractivity contribution in [1.82, 2.24) is 19.5 Å². The minimum atomic E-state index is -4.41. The Kier molecular flexibility index (Phi) is 6.50. The zero-order valence-electron chi connectivity index (χ0n) is 19.0. The number of hydrogen-bond donors (Lipinski definition) is 2. The SMILES string of the molecule is COC1[C@@H](OP(=O)(O)OC(C)(C)C)[C@@H](CC(C)(C)C)O[C@H]1n1cnc2c(N)ncnc21. The third-order valence-corrected chi connectivity index (χ3v) is 5.96. The Morgan fingerprint density at radius 2 is 1.87 bits per heavy atom. The molecule has 1 aliphatic rings. The van der Waals surface area contributed by atoms with Gasteiger partial charge in [0.2, 0.25) is 0 Å². The van der Waals surface area contributed by atoms with E-state index in [1.54, 1.807) is 25.3 Å². The van der Waals surface area contributed by atoms with Crippen molar-refractivity contribution in [3.05, 3.63) is 12.7 Å². The van der Waals surface area contributed by atoms with Gasteiger partial charge >= 0.3 is 7.82 Å². The van der Waals surface area contributed by atoms with Crippen molar-refractivity contribution in [2.75, 3.05) is 12.8 Å². The summed E-state index contributed by atoms with van der Waals surface area (Å²) in [6.07, 6.45) is 0.563. The number of anilines is 1. The molecule has 3 heterocycles. The van der Waals surface area contributed by atoms with Crippen molar-refractivity contribution in [2.24, 2.45) is 5.41 Å². The van der Waals surface area contributed by atoms with Crippen LogP contribution in [0, 0.1) is 5.41 Å². The smallest absolute Gasteiger partial charge is 0.382 e. The van der Waals surface area contributed by atoms with Crippen molar-refractivity contribution >= 4 is 24.8 Å². The Labute approximate surface area is 181 Å². The third kappa shape index (κ3) is 5.60. The maximum Gasteiger partial charge on any atom is 0.473 e. The summed E-state index contributed by atoms with van der Waals surface area (Å²) < 4.78 is 37.4. The number of rotatable bonds is 6. The zero-order valence-corrected chi connectivity index (χ0v) is 19.9. The summed E-state index contributed by atoms with van der Waals surface area (Å²) in [4.78, 5) is 22.9. The summed E-state index contributed by atoms with van der Waals surface area (Å²) in [5, 5.41) is 0. The standard InChI is InChI=1S/C19H32N5O6P/c1-18(2,3)8-11-13(29-31(25,26)30-19(4,5)6)14(27-7)17(28-11)24-10-23-12-15(20)21-9-22-16(12)24/h9-11,13-14,17H,8H2,1-7H3,(H,25,26)(H2,20,21,22)/t11-,13+,14?,17-/m1/s1. The largest absolute Gasteiger partial charge is 0.473 e. The number of fused-ring (bicyclic) bond motifs is 1. The third-order valence-electron chi connectivity index (χ3n) is 4.68. The second kappa shape index (κ2) is 8.38. The first-order valence-electron chi connectivity index (χ1n) is 10.0. The quantitative estimate of drug-likeness (QED) is 0.621. The van der Waals surface area contributed by atoms with Crippen LogP contribution >= 0.6 is 7.82 Å². The molecule has 0 aromatic carbocycles. The highest BCUT2D eigenvalue weighted by Crippen LogP contribution is 2.52. The molecule has 0 amide bonds. The van der Waals surface area contributed by atoms with E-state index in [2.05, 4.69) is 15.0 Å². The van der Waals surface area contributed by atoms with Crippen LogP contribution in [0.2, 0.25) is 0 Å². The number of nitrogens with zero attached hydrogens (tertiary/aromatic N) is 4. The topological polar surface area (TPSA) is 144 Å². The number of aromatic nitrogens is 4. The predicted molar refractivity (Wildman–Crippen MR) is 114 cm³/mol. The average Bonchev–Trinajstić information content (AvgIpc) is 3.13. The van der Waals surface area contributed by atoms with Crippen LogP contribution in [0.15, 0.2) is 12.7 Å². The molecular weight excluding hydrogens is 425 g/mol. The first kappa shape index (κ1) is 24.0. The Morgan fingerprint density at radius 1 is 1.19 bits per heavy atom. The van der Waals surface area contributed by atoms with E-state index in [4.69, 9.17) is 24.3 Å². The van der Waals surface area contributed by atoms with E-state index in [-0.39, 0.29) is 11.2 Å². The molecule has 5 atom stereocenters. The maximum atomic E-state index is 12.8. The molecule has 174 valence electrons. The molecule has 3 rings (SSSR count). The fourth-order valence-electron chi connectivity index (χ4n) is 3.66. The lowest BCUT2D eigenvalue weighted by molar-refractivity contribution is -0.0550. The lowest BCUT2D eigenvalue weighted by atomic mass is 9.87. The van der Waals surface area contributed by atoms with E-state index in [1.807, 2.05) is 20.8 Å². The number of phosphoric acid groups is 1. The number of imidazole rings is 1. The van der Waals surface area contributed by atoms with Crippen molar-refractivity contribution < 1.29 is 28.0 Å². The van der Waals surface area contributed by atoms with Crippen LogP contribution in [-0.4, -0.2) is 55.4 Å². The molecule has 11 nitrogen and oxygen atoms in total. The molecule has 1 fully saturated rings. The number of methoxy groups -OCH3 is 1. The Balaban J connectivity index is 1.99. The fraction of sp³-hybridized carbons (Fsp3) is 0.737. The summed E-state index contributed by atoms with van der Waals surface area (Å²) in [6, 6.07) is 0. The summed E-state index contributed by atoms with van der Waals surface area (Å²) >= 11 is 0. The van der Waals surface area contributed by atoms with E-state index in [0.29, 0.717) is 17.6 Å². The molecule has 0 saturated carbocycles. The molecule has 12 heteroatoms. The van der Waals surface area contributed by atoms with Crippen molar-refractivity contribution in [2.45, 2.75) is 78.1 Å². The van der Waals surface area contributed by atoms with Crippen molar-refractivity contribution in [1.29, 1.82) is 0 Å². The molecule has 0 radical (unpaired) electrons. The van der Waals surface area contributed by atoms with Gasteiger partial charge in [-0.1, -0.05) is 20.8 Å². The van der Waals surface area contributed by atoms with Gasteiger partial charge in [0, 0.05) is 7.11 Å². The zero-order chi connectivity index (χ0) is 23.2. The van der Waals surface area contributed by atoms with E-state index in [9.17, 15) is 9.46 Å². The maximum absolute atomic E-state index is 12.8. The highest BCUT2D eigenvalue weighted by Gasteiger charge is 2.51. The summed E-state index contributed by atoms with van der Waals surface area (Å²) in [5.41, 5.74) is 5.78. The molecule has 0 aliphatic carbocycles. The minimum absolute atomic E-state index is 0.145. The molecule has 3 N–H and O–H groups in total. The van der Waals surface area contributed by atoms with Gasteiger partial charge in [-0.3, -0.25) is 13.6 Å². The van der Waals surface area contributed by atoms with E-state index < -0.39 is 38.0 Å². The summed E-state index contributed by atoms with van der Waals surface area (Å²) in [7, 11) is -2.91. The van der Waals surface area contributed by atoms with Gasteiger partial charge in [0.05, 0.1) is 18.0 Å². The van der Waals surface area contributed by atoms with Crippen molar-refractivity contribution in [3.8, 4) is 0 Å². The van der Waals surface area contributed by atoms with Gasteiger partial charge in [0.1, 0.15) is 24.1 Å². The van der Waals surface area contributed by atoms with Crippen LogP contribution in [0.4, 0.5) is 5.82 Å². The van der Waals surface area contributed by atoms with Crippen LogP contribution in [0.3, 0.4) is 0 Å². The second-order valence-corrected chi connectivity index (χ2v) is 11.2. The first-order chi connectivity index (χ1) is 14.2. The van der Waals surface area contributed by atoms with Crippen molar-refractivity contribution in [3.63, 3.8) is 0 Å². The highest BCUT2D eigenvalue weighted by molar-refractivity contribution is 7.47. The molecule has 31 heavy (non-hydrogen) atoms. The molecule has 1 aliphatic heterocycles. The van der Waals surface area contributed by atoms with Crippen LogP contribution < -0.4 is 5.73 Å². The van der Waals surface area contributed by atoms with Gasteiger partial charge < -0.3 is 20.1 Å². The normalized spacial score (nSPS) is 27.0. The molecular formula is C19H32N5O6P. The van der Waals surface area contributed by atoms with Gasteiger partial charge in [0.25, 0.3) is 0 Å². The average molecular weight is 457 g/mol. The van der Waals surface area contributed by atoms with E-state index in [0.717, 1.165) is 0 Å². The fourth-order valence-corrected chi connectivity index (χ4v) is 4.95. The van der Waals surface area contributed by atoms with Crippen LogP contribution in [-0.2, 0) is 23.1 Å². The van der Waals surface area contributed by atoms with Crippen LogP contribution in [0.1, 0.15) is 54.2 Å². The number of ether oxygens (including phenoxy) is 2. The van der Waals surface area contributed by atoms with E-state index in [1.165, 1.54) is 19.8 Å². The lowest BCUT2D eigenvalue weighted by Gasteiger charge is -2.30. The van der Waals surface area contributed by atoms with Gasteiger partial charge in [-0.15, -0.1) is 0 Å². The first-order valence-corrected chi connectivity index (χ1v) is 11.5. The molecule has 0 bridgehead atoms. The number of nitrogens with two attached hydrogens (primary N) is 1. The monoisotopic (exact) mass is 457 g/mol. The van der Waals surface area contributed by atoms with Crippen LogP contribution in [0.25, 0.3) is 11.2 Å². The predicted octanol–water partition coefficient (Wildman–Crippen LogP) is 3.06. The van der Waals surface area contributed by atoms with E-state index >= 15 is 0 Å². The van der Waals surface area contributed by atoms with Gasteiger partial charge in [-0.2, -0.15) is 0 Å². The van der Waals surface area contributed by atoms with Gasteiger partial charge in [-0.05, 0) is 32.6 Å². The number of phosphoric ester groups is 1. The Hall–Kier alpha value is -1.62. The summed E-state index contributed by atoms with van der Waals surface area (Å²) in [5.74, 6) is 0.244. The molecule has 2 unspecified atom stereocenters. The minimum Gasteiger partial charge on any atom is -0.382 e. The van der Waals surface area contributed by atoms with Gasteiger partial charge in [-0.25, -0.2) is 19.5 Å². The summed E-state index contributed by atoms with van der Waals surface area (Å²) in [6.45, 7) is 11.2. The highest BCUT2D eigenvalue weighted by atomic mass is 31.2. The van der Waals surface area contributed by atoms with Gasteiger partial charge in [0.15, 0.2) is 17.7 Å².